The highest BCUT2D eigenvalue weighted by Crippen LogP contribution is 2.25. The first-order valence-electron chi connectivity index (χ1n) is 10.8. The molecule has 2 amide bonds. The molecule has 2 aromatic carbocycles. The van der Waals surface area contributed by atoms with Gasteiger partial charge in [-0.2, -0.15) is 0 Å². The predicted molar refractivity (Wildman–Crippen MR) is 131 cm³/mol. The van der Waals surface area contributed by atoms with Crippen molar-refractivity contribution in [1.29, 1.82) is 0 Å². The van der Waals surface area contributed by atoms with Gasteiger partial charge in [-0.1, -0.05) is 42.3 Å². The Morgan fingerprint density at radius 1 is 1.06 bits per heavy atom. The minimum Gasteiger partial charge on any atom is -0.483 e. The summed E-state index contributed by atoms with van der Waals surface area (Å²) in [6.07, 6.45) is 0.800. The summed E-state index contributed by atoms with van der Waals surface area (Å²) in [5.74, 6) is 0.166. The van der Waals surface area contributed by atoms with Crippen molar-refractivity contribution in [1.82, 2.24) is 10.2 Å². The van der Waals surface area contributed by atoms with Crippen LogP contribution >= 0.6 is 23.2 Å². The molecule has 0 aliphatic carbocycles. The Bertz CT molecular complexity index is 978. The molecule has 7 heteroatoms. The first-order chi connectivity index (χ1) is 15.0. The molecule has 0 saturated carbocycles. The molecule has 0 bridgehead atoms. The molecule has 0 radical (unpaired) electrons. The molecule has 0 aliphatic rings. The van der Waals surface area contributed by atoms with Crippen LogP contribution < -0.4 is 10.1 Å². The maximum atomic E-state index is 13.2. The van der Waals surface area contributed by atoms with Gasteiger partial charge in [0.25, 0.3) is 5.91 Å². The van der Waals surface area contributed by atoms with Gasteiger partial charge < -0.3 is 15.0 Å². The zero-order valence-corrected chi connectivity index (χ0v) is 21.1. The lowest BCUT2D eigenvalue weighted by atomic mass is 10.1. The number of nitrogens with zero attached hydrogens (tertiary/aromatic N) is 1. The molecule has 2 atom stereocenters. The van der Waals surface area contributed by atoms with Crippen LogP contribution in [0.4, 0.5) is 0 Å². The van der Waals surface area contributed by atoms with E-state index < -0.39 is 6.04 Å². The molecule has 0 aromatic heterocycles. The van der Waals surface area contributed by atoms with Crippen molar-refractivity contribution in [2.24, 2.45) is 0 Å². The zero-order valence-electron chi connectivity index (χ0n) is 19.6. The average molecular weight is 479 g/mol. The number of benzene rings is 2. The number of aryl methyl sites for hydroxylation is 2. The minimum atomic E-state index is -0.685. The third-order valence-corrected chi connectivity index (χ3v) is 6.36. The number of carbonyl (C=O) groups is 2. The van der Waals surface area contributed by atoms with E-state index in [4.69, 9.17) is 27.9 Å². The molecule has 0 spiro atoms. The van der Waals surface area contributed by atoms with E-state index in [0.29, 0.717) is 15.8 Å². The molecule has 0 fully saturated rings. The van der Waals surface area contributed by atoms with E-state index >= 15 is 0 Å². The van der Waals surface area contributed by atoms with Crippen LogP contribution in [0.25, 0.3) is 0 Å². The molecule has 0 unspecified atom stereocenters. The summed E-state index contributed by atoms with van der Waals surface area (Å²) < 4.78 is 5.88. The van der Waals surface area contributed by atoms with Gasteiger partial charge in [-0.15, -0.1) is 0 Å². The van der Waals surface area contributed by atoms with Crippen LogP contribution in [-0.4, -0.2) is 35.4 Å². The van der Waals surface area contributed by atoms with E-state index in [1.807, 2.05) is 40.7 Å². The van der Waals surface area contributed by atoms with Crippen molar-refractivity contribution in [3.05, 3.63) is 62.6 Å². The summed E-state index contributed by atoms with van der Waals surface area (Å²) in [5, 5.41) is 3.78. The van der Waals surface area contributed by atoms with Crippen molar-refractivity contribution in [2.45, 2.75) is 66.6 Å². The largest absolute Gasteiger partial charge is 0.483 e. The Hall–Kier alpha value is -2.24. The van der Waals surface area contributed by atoms with Crippen molar-refractivity contribution in [3.63, 3.8) is 0 Å². The average Bonchev–Trinajstić information content (AvgIpc) is 2.74. The van der Waals surface area contributed by atoms with E-state index in [1.165, 1.54) is 4.90 Å². The molecular formula is C25H32Cl2N2O3. The zero-order chi connectivity index (χ0) is 24.0. The lowest BCUT2D eigenvalue weighted by Crippen LogP contribution is -2.50. The van der Waals surface area contributed by atoms with E-state index in [1.54, 1.807) is 25.1 Å². The van der Waals surface area contributed by atoms with Crippen LogP contribution in [0.15, 0.2) is 30.3 Å². The molecule has 1 N–H and O–H groups in total. The SMILES string of the molecule is CC[C@H](C)NC(=O)[C@@H](C)N(Cc1ccc(Cl)c(Cl)c1)C(=O)COc1cc(C)cc(C)c1C. The lowest BCUT2D eigenvalue weighted by Gasteiger charge is -2.30. The molecule has 174 valence electrons. The fourth-order valence-electron chi connectivity index (χ4n) is 3.26. The molecule has 32 heavy (non-hydrogen) atoms. The van der Waals surface area contributed by atoms with Gasteiger partial charge in [-0.3, -0.25) is 9.59 Å². The Labute approximate surface area is 201 Å². The topological polar surface area (TPSA) is 58.6 Å². The number of nitrogens with one attached hydrogen (secondary N) is 1. The summed E-state index contributed by atoms with van der Waals surface area (Å²) in [4.78, 5) is 27.5. The van der Waals surface area contributed by atoms with E-state index in [9.17, 15) is 9.59 Å². The van der Waals surface area contributed by atoms with Crippen molar-refractivity contribution in [2.75, 3.05) is 6.61 Å². The third-order valence-electron chi connectivity index (χ3n) is 5.62. The van der Waals surface area contributed by atoms with Crippen molar-refractivity contribution < 1.29 is 14.3 Å². The number of halogens is 2. The summed E-state index contributed by atoms with van der Waals surface area (Å²) in [6.45, 7) is 11.6. The number of ether oxygens (including phenoxy) is 1. The van der Waals surface area contributed by atoms with Gasteiger partial charge in [0.05, 0.1) is 10.0 Å². The maximum Gasteiger partial charge on any atom is 0.261 e. The second-order valence-corrected chi connectivity index (χ2v) is 9.07. The van der Waals surface area contributed by atoms with Crippen LogP contribution in [0.2, 0.25) is 10.0 Å². The second kappa shape index (κ2) is 11.6. The van der Waals surface area contributed by atoms with Crippen LogP contribution in [0.1, 0.15) is 49.4 Å². The summed E-state index contributed by atoms with van der Waals surface area (Å²) >= 11 is 12.2. The van der Waals surface area contributed by atoms with Gasteiger partial charge in [0.2, 0.25) is 5.91 Å². The maximum absolute atomic E-state index is 13.2. The number of amides is 2. The first kappa shape index (κ1) is 26.0. The summed E-state index contributed by atoms with van der Waals surface area (Å²) in [6, 6.07) is 8.50. The standard InChI is InChI=1S/C25H32Cl2N2O3/c1-7-17(4)28-25(31)19(6)29(13-20-8-9-21(26)22(27)12-20)24(30)14-32-23-11-15(2)10-16(3)18(23)5/h8-12,17,19H,7,13-14H2,1-6H3,(H,28,31)/t17-,19+/m0/s1. The van der Waals surface area contributed by atoms with Gasteiger partial charge in [-0.05, 0) is 81.5 Å². The van der Waals surface area contributed by atoms with E-state index in [-0.39, 0.29) is 31.0 Å². The van der Waals surface area contributed by atoms with Crippen LogP contribution in [0, 0.1) is 20.8 Å². The van der Waals surface area contributed by atoms with Gasteiger partial charge >= 0.3 is 0 Å². The Morgan fingerprint density at radius 2 is 1.75 bits per heavy atom. The number of carbonyl (C=O) groups excluding carboxylic acids is 2. The summed E-state index contributed by atoms with van der Waals surface area (Å²) in [7, 11) is 0. The van der Waals surface area contributed by atoms with E-state index in [0.717, 1.165) is 28.7 Å². The molecular weight excluding hydrogens is 447 g/mol. The monoisotopic (exact) mass is 478 g/mol. The van der Waals surface area contributed by atoms with Gasteiger partial charge in [0.15, 0.2) is 6.61 Å². The van der Waals surface area contributed by atoms with Gasteiger partial charge in [-0.25, -0.2) is 0 Å². The number of hydrogen-bond acceptors (Lipinski definition) is 3. The highest BCUT2D eigenvalue weighted by atomic mass is 35.5. The molecule has 5 nitrogen and oxygen atoms in total. The van der Waals surface area contributed by atoms with Crippen molar-refractivity contribution in [3.8, 4) is 5.75 Å². The second-order valence-electron chi connectivity index (χ2n) is 8.26. The molecule has 0 aliphatic heterocycles. The predicted octanol–water partition coefficient (Wildman–Crippen LogP) is 5.63. The van der Waals surface area contributed by atoms with Gasteiger partial charge in [0.1, 0.15) is 11.8 Å². The van der Waals surface area contributed by atoms with Crippen LogP contribution in [0.5, 0.6) is 5.75 Å². The Morgan fingerprint density at radius 3 is 2.38 bits per heavy atom. The first-order valence-corrected chi connectivity index (χ1v) is 11.5. The van der Waals surface area contributed by atoms with Crippen molar-refractivity contribution >= 4 is 35.0 Å². The molecule has 2 aromatic rings. The number of hydrogen-bond donors (Lipinski definition) is 1. The lowest BCUT2D eigenvalue weighted by molar-refractivity contribution is -0.142. The van der Waals surface area contributed by atoms with Gasteiger partial charge in [0, 0.05) is 12.6 Å². The minimum absolute atomic E-state index is 0.0149. The molecule has 0 heterocycles. The fraction of sp³-hybridized carbons (Fsp3) is 0.440. The van der Waals surface area contributed by atoms with E-state index in [2.05, 4.69) is 11.4 Å². The quantitative estimate of drug-likeness (QED) is 0.507. The Kier molecular flexibility index (Phi) is 9.41. The number of rotatable bonds is 9. The van der Waals surface area contributed by atoms with Crippen LogP contribution in [0.3, 0.4) is 0 Å². The third kappa shape index (κ3) is 6.88. The normalized spacial score (nSPS) is 12.8. The molecule has 2 rings (SSSR count). The van der Waals surface area contributed by atoms with Crippen LogP contribution in [-0.2, 0) is 16.1 Å². The molecule has 0 saturated heterocycles. The Balaban J connectivity index is 2.24. The fourth-order valence-corrected chi connectivity index (χ4v) is 3.58. The highest BCUT2D eigenvalue weighted by Gasteiger charge is 2.27. The summed E-state index contributed by atoms with van der Waals surface area (Å²) in [5.41, 5.74) is 3.92. The highest BCUT2D eigenvalue weighted by molar-refractivity contribution is 6.42. The smallest absolute Gasteiger partial charge is 0.261 e.